The van der Waals surface area contributed by atoms with E-state index in [1.807, 2.05) is 24.4 Å². The van der Waals surface area contributed by atoms with Crippen LogP contribution in [0.25, 0.3) is 10.8 Å². The summed E-state index contributed by atoms with van der Waals surface area (Å²) in [4.78, 5) is 4.51. The Bertz CT molecular complexity index is 677. The number of alkyl halides is 1. The van der Waals surface area contributed by atoms with Gasteiger partial charge in [0.15, 0.2) is 11.5 Å². The highest BCUT2D eigenvalue weighted by Gasteiger charge is 2.27. The van der Waals surface area contributed by atoms with Gasteiger partial charge in [-0.25, -0.2) is 4.98 Å². The molecular weight excluding hydrogens is 288 g/mol. The van der Waals surface area contributed by atoms with Gasteiger partial charge >= 0.3 is 0 Å². The summed E-state index contributed by atoms with van der Waals surface area (Å²) in [6, 6.07) is 6.43. The Labute approximate surface area is 128 Å². The largest absolute Gasteiger partial charge is 0.454 e. The number of nitrogens with zero attached hydrogens (tertiary/aromatic N) is 1. The van der Waals surface area contributed by atoms with Crippen molar-refractivity contribution in [2.75, 3.05) is 18.0 Å². The maximum atomic E-state index is 6.07. The number of rotatable bonds is 3. The number of anilines is 1. The van der Waals surface area contributed by atoms with E-state index in [-0.39, 0.29) is 0 Å². The van der Waals surface area contributed by atoms with Gasteiger partial charge in [-0.1, -0.05) is 6.42 Å². The molecule has 4 rings (SSSR count). The number of ether oxygens (including phenoxy) is 2. The van der Waals surface area contributed by atoms with Gasteiger partial charge in [0.2, 0.25) is 6.79 Å². The van der Waals surface area contributed by atoms with Crippen LogP contribution in [-0.4, -0.2) is 23.7 Å². The summed E-state index contributed by atoms with van der Waals surface area (Å²) in [7, 11) is 0. The van der Waals surface area contributed by atoms with Crippen molar-refractivity contribution >= 4 is 28.2 Å². The minimum Gasteiger partial charge on any atom is -0.454 e. The van der Waals surface area contributed by atoms with E-state index in [4.69, 9.17) is 21.1 Å². The smallest absolute Gasteiger partial charge is 0.231 e. The summed E-state index contributed by atoms with van der Waals surface area (Å²) in [6.45, 7) is 0.290. The Kier molecular flexibility index (Phi) is 3.26. The standard InChI is InChI=1S/C16H17ClN2O2/c17-8-11-2-1-3-13(11)19-16-12-7-15-14(20-9-21-15)6-10(12)4-5-18-16/h4-7,11,13H,1-3,8-9H2,(H,18,19). The monoisotopic (exact) mass is 304 g/mol. The molecule has 2 atom stereocenters. The molecule has 1 saturated carbocycles. The molecule has 2 aromatic rings. The Balaban J connectivity index is 1.71. The summed E-state index contributed by atoms with van der Waals surface area (Å²) in [6.07, 6.45) is 5.40. The maximum Gasteiger partial charge on any atom is 0.231 e. The number of pyridine rings is 1. The molecule has 4 nitrogen and oxygen atoms in total. The molecule has 0 bridgehead atoms. The van der Waals surface area contributed by atoms with Crippen molar-refractivity contribution in [3.05, 3.63) is 24.4 Å². The molecule has 2 heterocycles. The number of nitrogens with one attached hydrogen (secondary N) is 1. The number of fused-ring (bicyclic) bond motifs is 2. The first-order chi connectivity index (χ1) is 10.3. The van der Waals surface area contributed by atoms with Crippen LogP contribution in [0.1, 0.15) is 19.3 Å². The Morgan fingerprint density at radius 2 is 2.10 bits per heavy atom. The van der Waals surface area contributed by atoms with Crippen LogP contribution >= 0.6 is 11.6 Å². The summed E-state index contributed by atoms with van der Waals surface area (Å²) < 4.78 is 10.9. The number of hydrogen-bond donors (Lipinski definition) is 1. The first kappa shape index (κ1) is 13.0. The van der Waals surface area contributed by atoms with E-state index in [2.05, 4.69) is 10.3 Å². The number of aromatic nitrogens is 1. The molecule has 1 aromatic heterocycles. The third-order valence-corrected chi connectivity index (χ3v) is 4.83. The van der Waals surface area contributed by atoms with E-state index < -0.39 is 0 Å². The minimum absolute atomic E-state index is 0.290. The van der Waals surface area contributed by atoms with Gasteiger partial charge in [0.25, 0.3) is 0 Å². The molecule has 21 heavy (non-hydrogen) atoms. The van der Waals surface area contributed by atoms with Crippen LogP contribution in [-0.2, 0) is 0 Å². The maximum absolute atomic E-state index is 6.07. The SMILES string of the molecule is ClCC1CCCC1Nc1nccc2cc3c(cc12)OCO3. The van der Waals surface area contributed by atoms with Crippen molar-refractivity contribution in [3.63, 3.8) is 0 Å². The molecule has 1 aromatic carbocycles. The Morgan fingerprint density at radius 1 is 1.24 bits per heavy atom. The molecule has 1 fully saturated rings. The van der Waals surface area contributed by atoms with Crippen molar-refractivity contribution in [2.24, 2.45) is 5.92 Å². The fourth-order valence-corrected chi connectivity index (χ4v) is 3.63. The molecule has 0 radical (unpaired) electrons. The lowest BCUT2D eigenvalue weighted by atomic mass is 10.1. The zero-order chi connectivity index (χ0) is 14.2. The lowest BCUT2D eigenvalue weighted by Crippen LogP contribution is -2.25. The lowest BCUT2D eigenvalue weighted by molar-refractivity contribution is 0.174. The molecule has 0 amide bonds. The van der Waals surface area contributed by atoms with Gasteiger partial charge < -0.3 is 14.8 Å². The topological polar surface area (TPSA) is 43.4 Å². The van der Waals surface area contributed by atoms with Crippen LogP contribution < -0.4 is 14.8 Å². The highest BCUT2D eigenvalue weighted by atomic mass is 35.5. The van der Waals surface area contributed by atoms with E-state index in [1.165, 1.54) is 12.8 Å². The second kappa shape index (κ2) is 5.26. The quantitative estimate of drug-likeness (QED) is 0.876. The molecule has 1 N–H and O–H groups in total. The molecule has 110 valence electrons. The van der Waals surface area contributed by atoms with Crippen molar-refractivity contribution in [2.45, 2.75) is 25.3 Å². The van der Waals surface area contributed by atoms with E-state index >= 15 is 0 Å². The average molecular weight is 305 g/mol. The summed E-state index contributed by atoms with van der Waals surface area (Å²) in [5, 5.41) is 5.76. The predicted octanol–water partition coefficient (Wildman–Crippen LogP) is 3.78. The predicted molar refractivity (Wildman–Crippen MR) is 83.3 cm³/mol. The summed E-state index contributed by atoms with van der Waals surface area (Å²) in [5.74, 6) is 3.73. The van der Waals surface area contributed by atoms with Crippen LogP contribution in [0.3, 0.4) is 0 Å². The number of halogens is 1. The average Bonchev–Trinajstić information content (AvgIpc) is 3.13. The van der Waals surface area contributed by atoms with Crippen molar-refractivity contribution < 1.29 is 9.47 Å². The van der Waals surface area contributed by atoms with E-state index in [9.17, 15) is 0 Å². The molecule has 1 aliphatic carbocycles. The Hall–Kier alpha value is -1.68. The Morgan fingerprint density at radius 3 is 2.95 bits per heavy atom. The zero-order valence-electron chi connectivity index (χ0n) is 11.6. The number of benzene rings is 1. The van der Waals surface area contributed by atoms with E-state index in [0.717, 1.165) is 34.5 Å². The fourth-order valence-electron chi connectivity index (χ4n) is 3.26. The van der Waals surface area contributed by atoms with Gasteiger partial charge in [-0.2, -0.15) is 0 Å². The normalized spacial score (nSPS) is 23.7. The zero-order valence-corrected chi connectivity index (χ0v) is 12.4. The minimum atomic E-state index is 0.290. The lowest BCUT2D eigenvalue weighted by Gasteiger charge is -2.20. The van der Waals surface area contributed by atoms with Crippen LogP contribution in [0.4, 0.5) is 5.82 Å². The first-order valence-corrected chi connectivity index (χ1v) is 7.89. The fraction of sp³-hybridized carbons (Fsp3) is 0.438. The van der Waals surface area contributed by atoms with E-state index in [1.54, 1.807) is 0 Å². The van der Waals surface area contributed by atoms with Gasteiger partial charge in [-0.15, -0.1) is 11.6 Å². The third kappa shape index (κ3) is 2.27. The summed E-state index contributed by atoms with van der Waals surface area (Å²) in [5.41, 5.74) is 0. The van der Waals surface area contributed by atoms with Crippen molar-refractivity contribution in [1.29, 1.82) is 0 Å². The van der Waals surface area contributed by atoms with Gasteiger partial charge in [-0.05, 0) is 42.3 Å². The third-order valence-electron chi connectivity index (χ3n) is 4.44. The van der Waals surface area contributed by atoms with E-state index in [0.29, 0.717) is 24.6 Å². The van der Waals surface area contributed by atoms with Gasteiger partial charge in [0.1, 0.15) is 5.82 Å². The second-order valence-electron chi connectivity index (χ2n) is 5.68. The summed E-state index contributed by atoms with van der Waals surface area (Å²) >= 11 is 6.07. The molecule has 5 heteroatoms. The molecule has 0 spiro atoms. The first-order valence-electron chi connectivity index (χ1n) is 7.36. The molecular formula is C16H17ClN2O2. The van der Waals surface area contributed by atoms with Crippen molar-refractivity contribution in [1.82, 2.24) is 4.98 Å². The molecule has 1 aliphatic heterocycles. The van der Waals surface area contributed by atoms with Gasteiger partial charge in [0, 0.05) is 23.5 Å². The van der Waals surface area contributed by atoms with Crippen LogP contribution in [0.15, 0.2) is 24.4 Å². The molecule has 0 saturated heterocycles. The second-order valence-corrected chi connectivity index (χ2v) is 5.99. The molecule has 2 unspecified atom stereocenters. The number of hydrogen-bond acceptors (Lipinski definition) is 4. The van der Waals surface area contributed by atoms with Crippen LogP contribution in [0.2, 0.25) is 0 Å². The highest BCUT2D eigenvalue weighted by Crippen LogP contribution is 2.38. The van der Waals surface area contributed by atoms with Crippen molar-refractivity contribution in [3.8, 4) is 11.5 Å². The van der Waals surface area contributed by atoms with Gasteiger partial charge in [-0.3, -0.25) is 0 Å². The molecule has 2 aliphatic rings. The highest BCUT2D eigenvalue weighted by molar-refractivity contribution is 6.18. The van der Waals surface area contributed by atoms with Gasteiger partial charge in [0.05, 0.1) is 0 Å². The van der Waals surface area contributed by atoms with Crippen LogP contribution in [0, 0.1) is 5.92 Å². The van der Waals surface area contributed by atoms with Crippen LogP contribution in [0.5, 0.6) is 11.5 Å².